The zero-order valence-electron chi connectivity index (χ0n) is 17.8. The summed E-state index contributed by atoms with van der Waals surface area (Å²) in [5.41, 5.74) is 6.68. The van der Waals surface area contributed by atoms with Crippen molar-refractivity contribution in [1.82, 2.24) is 0 Å². The molecule has 3 nitrogen and oxygen atoms in total. The van der Waals surface area contributed by atoms with Crippen LogP contribution in [0.5, 0.6) is 0 Å². The van der Waals surface area contributed by atoms with Crippen molar-refractivity contribution in [2.24, 2.45) is 17.8 Å². The van der Waals surface area contributed by atoms with Crippen LogP contribution in [0, 0.1) is 24.7 Å². The molecule has 0 radical (unpaired) electrons. The van der Waals surface area contributed by atoms with Crippen molar-refractivity contribution in [2.45, 2.75) is 38.1 Å². The second-order valence-corrected chi connectivity index (χ2v) is 9.59. The predicted molar refractivity (Wildman–Crippen MR) is 125 cm³/mol. The number of amides is 1. The van der Waals surface area contributed by atoms with Gasteiger partial charge in [-0.2, -0.15) is 0 Å². The summed E-state index contributed by atoms with van der Waals surface area (Å²) in [5.74, 6) is 2.66. The van der Waals surface area contributed by atoms with Crippen LogP contribution in [0.15, 0.2) is 72.8 Å². The van der Waals surface area contributed by atoms with Gasteiger partial charge in [-0.3, -0.25) is 4.79 Å². The molecule has 0 spiro atoms. The minimum Gasteiger partial charge on any atom is -0.378 e. The highest BCUT2D eigenvalue weighted by Gasteiger charge is 2.53. The first-order valence-corrected chi connectivity index (χ1v) is 11.5. The quantitative estimate of drug-likeness (QED) is 0.516. The van der Waals surface area contributed by atoms with Crippen molar-refractivity contribution in [3.8, 4) is 0 Å². The van der Waals surface area contributed by atoms with Crippen molar-refractivity contribution >= 4 is 17.3 Å². The molecule has 0 saturated heterocycles. The molecule has 31 heavy (non-hydrogen) atoms. The number of anilines is 2. The van der Waals surface area contributed by atoms with Crippen LogP contribution in [0.1, 0.15) is 58.3 Å². The van der Waals surface area contributed by atoms with Crippen molar-refractivity contribution in [1.29, 1.82) is 0 Å². The van der Waals surface area contributed by atoms with Crippen molar-refractivity contribution < 1.29 is 4.79 Å². The highest BCUT2D eigenvalue weighted by Crippen LogP contribution is 2.63. The molecule has 6 rings (SSSR count). The third kappa shape index (κ3) is 3.15. The first-order valence-electron chi connectivity index (χ1n) is 11.5. The Balaban J connectivity index is 1.35. The number of hydrogen-bond acceptors (Lipinski definition) is 2. The van der Waals surface area contributed by atoms with Gasteiger partial charge in [-0.25, -0.2) is 0 Å². The van der Waals surface area contributed by atoms with Gasteiger partial charge in [-0.05, 0) is 96.9 Å². The third-order valence-corrected chi connectivity index (χ3v) is 7.78. The summed E-state index contributed by atoms with van der Waals surface area (Å²) >= 11 is 0. The lowest BCUT2D eigenvalue weighted by molar-refractivity contribution is 0.102. The maximum absolute atomic E-state index is 13.0. The molecule has 1 aliphatic heterocycles. The molecule has 2 bridgehead atoms. The summed E-state index contributed by atoms with van der Waals surface area (Å²) in [7, 11) is 0. The van der Waals surface area contributed by atoms with E-state index in [4.69, 9.17) is 0 Å². The van der Waals surface area contributed by atoms with E-state index in [0.29, 0.717) is 17.9 Å². The number of benzene rings is 3. The Morgan fingerprint density at radius 1 is 0.935 bits per heavy atom. The smallest absolute Gasteiger partial charge is 0.255 e. The van der Waals surface area contributed by atoms with Gasteiger partial charge in [0.25, 0.3) is 5.91 Å². The van der Waals surface area contributed by atoms with Crippen LogP contribution in [0.25, 0.3) is 0 Å². The maximum Gasteiger partial charge on any atom is 0.255 e. The van der Waals surface area contributed by atoms with E-state index in [1.807, 2.05) is 37.3 Å². The highest BCUT2D eigenvalue weighted by molar-refractivity contribution is 6.04. The third-order valence-electron chi connectivity index (χ3n) is 7.78. The van der Waals surface area contributed by atoms with Crippen molar-refractivity contribution in [2.75, 3.05) is 10.6 Å². The minimum atomic E-state index is -0.0294. The summed E-state index contributed by atoms with van der Waals surface area (Å²) in [4.78, 5) is 13.0. The Kier molecular flexibility index (Phi) is 4.38. The largest absolute Gasteiger partial charge is 0.378 e. The van der Waals surface area contributed by atoms with E-state index in [-0.39, 0.29) is 5.91 Å². The van der Waals surface area contributed by atoms with Gasteiger partial charge in [0.15, 0.2) is 0 Å². The molecule has 2 saturated carbocycles. The molecular formula is C28H28N2O. The van der Waals surface area contributed by atoms with E-state index in [0.717, 1.165) is 28.7 Å². The first-order chi connectivity index (χ1) is 15.2. The summed E-state index contributed by atoms with van der Waals surface area (Å²) in [6.45, 7) is 2.04. The lowest BCUT2D eigenvalue weighted by Gasteiger charge is -2.43. The van der Waals surface area contributed by atoms with Crippen LogP contribution >= 0.6 is 0 Å². The van der Waals surface area contributed by atoms with Crippen molar-refractivity contribution in [3.63, 3.8) is 0 Å². The summed E-state index contributed by atoms with van der Waals surface area (Å²) in [6.07, 6.45) is 4.01. The fourth-order valence-electron chi connectivity index (χ4n) is 6.54. The molecule has 1 amide bonds. The van der Waals surface area contributed by atoms with Crippen LogP contribution in [-0.4, -0.2) is 5.91 Å². The fourth-order valence-corrected chi connectivity index (χ4v) is 6.54. The Morgan fingerprint density at radius 2 is 1.77 bits per heavy atom. The number of carbonyl (C=O) groups excluding carboxylic acids is 1. The van der Waals surface area contributed by atoms with Gasteiger partial charge >= 0.3 is 0 Å². The number of hydrogen-bond donors (Lipinski definition) is 2. The Morgan fingerprint density at radius 3 is 2.61 bits per heavy atom. The zero-order valence-corrected chi connectivity index (χ0v) is 17.8. The van der Waals surface area contributed by atoms with Crippen LogP contribution in [0.4, 0.5) is 11.4 Å². The Labute approximate surface area is 183 Å². The van der Waals surface area contributed by atoms with E-state index in [1.165, 1.54) is 36.1 Å². The molecule has 2 N–H and O–H groups in total. The normalized spacial score (nSPS) is 27.8. The van der Waals surface area contributed by atoms with Crippen LogP contribution < -0.4 is 10.6 Å². The van der Waals surface area contributed by atoms with E-state index in [2.05, 4.69) is 53.1 Å². The highest BCUT2D eigenvalue weighted by atomic mass is 16.1. The minimum absolute atomic E-state index is 0.0294. The summed E-state index contributed by atoms with van der Waals surface area (Å²) < 4.78 is 0. The maximum atomic E-state index is 13.0. The Hall–Kier alpha value is -3.07. The average Bonchev–Trinajstić information content (AvgIpc) is 3.42. The molecule has 3 aromatic carbocycles. The molecule has 0 unspecified atom stereocenters. The molecular weight excluding hydrogens is 380 g/mol. The molecule has 156 valence electrons. The standard InChI is InChI=1S/C28H28N2O/c1-17-6-5-9-22(14-17)29-28(31)21-12-13-24-23(16-21)25-19-10-11-20(15-19)26(25)27(30-24)18-7-3-2-4-8-18/h2-9,12-14,16,19-20,25-27,30H,10-11,15H2,1H3,(H,29,31)/t19-,20-,25-,26+,27+/m0/s1. The zero-order chi connectivity index (χ0) is 20.9. The molecule has 2 fully saturated rings. The van der Waals surface area contributed by atoms with Crippen LogP contribution in [0.2, 0.25) is 0 Å². The van der Waals surface area contributed by atoms with Gasteiger partial charge in [-0.1, -0.05) is 42.5 Å². The number of fused-ring (bicyclic) bond motifs is 7. The van der Waals surface area contributed by atoms with Gasteiger partial charge < -0.3 is 10.6 Å². The van der Waals surface area contributed by atoms with E-state index in [1.54, 1.807) is 0 Å². The number of aryl methyl sites for hydroxylation is 1. The molecule has 3 heteroatoms. The fraction of sp³-hybridized carbons (Fsp3) is 0.321. The van der Waals surface area contributed by atoms with E-state index in [9.17, 15) is 4.79 Å². The van der Waals surface area contributed by atoms with Gasteiger partial charge in [-0.15, -0.1) is 0 Å². The lowest BCUT2D eigenvalue weighted by Crippen LogP contribution is -2.35. The SMILES string of the molecule is Cc1cccc(NC(=O)c2ccc3c(c2)[C@@H]2[C@H]4CC[C@@H](C4)[C@H]2[C@@H](c2ccccc2)N3)c1. The molecule has 0 aromatic heterocycles. The number of carbonyl (C=O) groups is 1. The second-order valence-electron chi connectivity index (χ2n) is 9.59. The monoisotopic (exact) mass is 408 g/mol. The molecule has 5 atom stereocenters. The van der Waals surface area contributed by atoms with Gasteiger partial charge in [0, 0.05) is 16.9 Å². The Bertz CT molecular complexity index is 1140. The average molecular weight is 409 g/mol. The van der Waals surface area contributed by atoms with Crippen LogP contribution in [0.3, 0.4) is 0 Å². The lowest BCUT2D eigenvalue weighted by atomic mass is 9.68. The van der Waals surface area contributed by atoms with E-state index >= 15 is 0 Å². The number of rotatable bonds is 3. The van der Waals surface area contributed by atoms with Gasteiger partial charge in [0.2, 0.25) is 0 Å². The molecule has 3 aromatic rings. The van der Waals surface area contributed by atoms with Crippen molar-refractivity contribution in [3.05, 3.63) is 95.1 Å². The van der Waals surface area contributed by atoms with Gasteiger partial charge in [0.1, 0.15) is 0 Å². The van der Waals surface area contributed by atoms with Crippen LogP contribution in [-0.2, 0) is 0 Å². The topological polar surface area (TPSA) is 41.1 Å². The van der Waals surface area contributed by atoms with E-state index < -0.39 is 0 Å². The molecule has 2 aliphatic carbocycles. The second kappa shape index (κ2) is 7.26. The predicted octanol–water partition coefficient (Wildman–Crippen LogP) is 6.54. The summed E-state index contributed by atoms with van der Waals surface area (Å²) in [5, 5.41) is 6.94. The number of nitrogens with one attached hydrogen (secondary N) is 2. The first kappa shape index (κ1) is 18.7. The van der Waals surface area contributed by atoms with Gasteiger partial charge in [0.05, 0.1) is 6.04 Å². The molecule has 3 aliphatic rings. The molecule has 1 heterocycles. The summed E-state index contributed by atoms with van der Waals surface area (Å²) in [6, 6.07) is 25.5.